The molecule has 2 aromatic carbocycles. The molecule has 0 spiro atoms. The van der Waals surface area contributed by atoms with E-state index in [0.717, 1.165) is 35.2 Å². The summed E-state index contributed by atoms with van der Waals surface area (Å²) in [4.78, 5) is 33.0. The highest BCUT2D eigenvalue weighted by Crippen LogP contribution is 2.45. The van der Waals surface area contributed by atoms with E-state index in [-0.39, 0.29) is 11.9 Å². The molecule has 1 aromatic heterocycles. The van der Waals surface area contributed by atoms with Gasteiger partial charge in [0.15, 0.2) is 0 Å². The maximum atomic E-state index is 12.1. The van der Waals surface area contributed by atoms with Crippen molar-refractivity contribution >= 4 is 40.1 Å². The van der Waals surface area contributed by atoms with Gasteiger partial charge < -0.3 is 25.8 Å². The molecule has 2 heterocycles. The van der Waals surface area contributed by atoms with E-state index < -0.39 is 11.0 Å². The normalized spacial score (nSPS) is 17.2. The largest absolute Gasteiger partial charge is 0.496 e. The second kappa shape index (κ2) is 7.33. The fourth-order valence-corrected chi connectivity index (χ4v) is 4.17. The monoisotopic (exact) mass is 447 g/mol. The van der Waals surface area contributed by atoms with Crippen molar-refractivity contribution in [2.24, 2.45) is 11.1 Å². The Labute approximate surface area is 190 Å². The van der Waals surface area contributed by atoms with E-state index in [4.69, 9.17) is 20.2 Å². The minimum absolute atomic E-state index is 0.285. The lowest BCUT2D eigenvalue weighted by Gasteiger charge is -2.18. The molecule has 1 saturated carbocycles. The number of ether oxygens (including phenoxy) is 2. The van der Waals surface area contributed by atoms with Crippen molar-refractivity contribution in [1.82, 2.24) is 9.97 Å². The van der Waals surface area contributed by atoms with Crippen LogP contribution in [-0.2, 0) is 15.1 Å². The highest BCUT2D eigenvalue weighted by molar-refractivity contribution is 5.96. The van der Waals surface area contributed by atoms with Crippen LogP contribution in [-0.4, -0.2) is 35.5 Å². The number of methoxy groups -OCH3 is 1. The van der Waals surface area contributed by atoms with Gasteiger partial charge in [0.1, 0.15) is 16.9 Å². The van der Waals surface area contributed by atoms with Crippen molar-refractivity contribution in [3.8, 4) is 5.75 Å². The van der Waals surface area contributed by atoms with Crippen molar-refractivity contribution in [3.05, 3.63) is 47.7 Å². The summed E-state index contributed by atoms with van der Waals surface area (Å²) in [6.45, 7) is 4.16. The predicted molar refractivity (Wildman–Crippen MR) is 124 cm³/mol. The fourth-order valence-electron chi connectivity index (χ4n) is 4.17. The molecule has 0 radical (unpaired) electrons. The van der Waals surface area contributed by atoms with Crippen LogP contribution in [0.1, 0.15) is 42.6 Å². The number of rotatable bonds is 7. The molecule has 0 bridgehead atoms. The number of primary amides is 1. The quantitative estimate of drug-likeness (QED) is 0.470. The standard InChI is InChI=1S/C24H25N5O4/c1-23(2)16-10-13(4-5-14(16)20(30)33-23)28-22-26-11-15-18(32-3)7-6-17(19(15)29-22)27-12-24(8-9-24)21(25)31/h4-7,10-11,27H,8-9,12H2,1-3H3,(H2,25,31)(H,26,28,29). The SMILES string of the molecule is COc1ccc(NCC2(C(N)=O)CC2)c2nc(Nc3ccc4c(c3)C(C)(C)OC4=O)ncc12. The molecule has 170 valence electrons. The van der Waals surface area contributed by atoms with Crippen LogP contribution in [0, 0.1) is 5.41 Å². The van der Waals surface area contributed by atoms with Gasteiger partial charge in [0.2, 0.25) is 11.9 Å². The Hall–Kier alpha value is -3.88. The number of hydrogen-bond acceptors (Lipinski definition) is 8. The number of nitrogens with one attached hydrogen (secondary N) is 2. The summed E-state index contributed by atoms with van der Waals surface area (Å²) in [5, 5.41) is 7.29. The Kier molecular flexibility index (Phi) is 4.66. The number of anilines is 3. The van der Waals surface area contributed by atoms with E-state index in [1.807, 2.05) is 32.0 Å². The summed E-state index contributed by atoms with van der Waals surface area (Å²) in [6.07, 6.45) is 3.26. The molecule has 1 aliphatic heterocycles. The molecule has 4 N–H and O–H groups in total. The summed E-state index contributed by atoms with van der Waals surface area (Å²) >= 11 is 0. The zero-order chi connectivity index (χ0) is 23.4. The van der Waals surface area contributed by atoms with E-state index in [1.54, 1.807) is 25.4 Å². The lowest BCUT2D eigenvalue weighted by Crippen LogP contribution is -2.31. The summed E-state index contributed by atoms with van der Waals surface area (Å²) < 4.78 is 10.9. The topological polar surface area (TPSA) is 128 Å². The highest BCUT2D eigenvalue weighted by atomic mass is 16.6. The third-order valence-corrected chi connectivity index (χ3v) is 6.42. The minimum atomic E-state index is -0.696. The molecular weight excluding hydrogens is 422 g/mol. The molecule has 5 rings (SSSR count). The van der Waals surface area contributed by atoms with E-state index >= 15 is 0 Å². The van der Waals surface area contributed by atoms with E-state index in [2.05, 4.69) is 15.6 Å². The third-order valence-electron chi connectivity index (χ3n) is 6.42. The van der Waals surface area contributed by atoms with E-state index in [0.29, 0.717) is 29.3 Å². The smallest absolute Gasteiger partial charge is 0.339 e. The van der Waals surface area contributed by atoms with Gasteiger partial charge in [-0.2, -0.15) is 0 Å². The van der Waals surface area contributed by atoms with Gasteiger partial charge in [-0.25, -0.2) is 14.8 Å². The molecule has 2 aliphatic rings. The minimum Gasteiger partial charge on any atom is -0.496 e. The Morgan fingerprint density at radius 1 is 1.24 bits per heavy atom. The number of hydrogen-bond donors (Lipinski definition) is 3. The van der Waals surface area contributed by atoms with Crippen molar-refractivity contribution in [2.45, 2.75) is 32.3 Å². The van der Waals surface area contributed by atoms with Crippen LogP contribution in [0.15, 0.2) is 36.5 Å². The van der Waals surface area contributed by atoms with Gasteiger partial charge in [0.05, 0.1) is 29.2 Å². The molecule has 1 fully saturated rings. The van der Waals surface area contributed by atoms with Crippen molar-refractivity contribution in [3.63, 3.8) is 0 Å². The Morgan fingerprint density at radius 3 is 2.73 bits per heavy atom. The maximum Gasteiger partial charge on any atom is 0.339 e. The first-order valence-corrected chi connectivity index (χ1v) is 10.7. The number of amides is 1. The Morgan fingerprint density at radius 2 is 2.03 bits per heavy atom. The van der Waals surface area contributed by atoms with Crippen LogP contribution in [0.2, 0.25) is 0 Å². The second-order valence-corrected chi connectivity index (χ2v) is 9.05. The molecule has 0 unspecified atom stereocenters. The second-order valence-electron chi connectivity index (χ2n) is 9.05. The lowest BCUT2D eigenvalue weighted by atomic mass is 9.95. The van der Waals surface area contributed by atoms with Crippen LogP contribution in [0.3, 0.4) is 0 Å². The molecule has 1 aliphatic carbocycles. The molecule has 3 aromatic rings. The van der Waals surface area contributed by atoms with Crippen LogP contribution in [0.25, 0.3) is 10.9 Å². The molecule has 9 heteroatoms. The van der Waals surface area contributed by atoms with Gasteiger partial charge in [0, 0.05) is 24.0 Å². The first-order valence-electron chi connectivity index (χ1n) is 10.7. The number of fused-ring (bicyclic) bond motifs is 2. The Balaban J connectivity index is 1.47. The van der Waals surface area contributed by atoms with E-state index in [1.165, 1.54) is 0 Å². The summed E-state index contributed by atoms with van der Waals surface area (Å²) in [5.41, 5.74) is 7.91. The maximum absolute atomic E-state index is 12.1. The highest BCUT2D eigenvalue weighted by Gasteiger charge is 2.48. The Bertz CT molecular complexity index is 1300. The van der Waals surface area contributed by atoms with Crippen LogP contribution in [0.5, 0.6) is 5.75 Å². The number of carbonyl (C=O) groups is 2. The zero-order valence-corrected chi connectivity index (χ0v) is 18.7. The number of aromatic nitrogens is 2. The van der Waals surface area contributed by atoms with Crippen molar-refractivity contribution in [1.29, 1.82) is 0 Å². The third kappa shape index (κ3) is 3.59. The number of nitrogens with zero attached hydrogens (tertiary/aromatic N) is 2. The molecule has 0 atom stereocenters. The van der Waals surface area contributed by atoms with Crippen LogP contribution >= 0.6 is 0 Å². The van der Waals surface area contributed by atoms with Crippen molar-refractivity contribution in [2.75, 3.05) is 24.3 Å². The molecule has 0 saturated heterocycles. The molecule has 33 heavy (non-hydrogen) atoms. The van der Waals surface area contributed by atoms with Crippen molar-refractivity contribution < 1.29 is 19.1 Å². The first kappa shape index (κ1) is 21.0. The number of benzene rings is 2. The van der Waals surface area contributed by atoms with Crippen LogP contribution in [0.4, 0.5) is 17.3 Å². The molecular formula is C24H25N5O4. The summed E-state index contributed by atoms with van der Waals surface area (Å²) in [7, 11) is 1.59. The zero-order valence-electron chi connectivity index (χ0n) is 18.7. The van der Waals surface area contributed by atoms with Crippen LogP contribution < -0.4 is 21.1 Å². The van der Waals surface area contributed by atoms with E-state index in [9.17, 15) is 9.59 Å². The van der Waals surface area contributed by atoms with Gasteiger partial charge in [-0.05, 0) is 57.0 Å². The number of nitrogens with two attached hydrogens (primary N) is 1. The fraction of sp³-hybridized carbons (Fsp3) is 0.333. The predicted octanol–water partition coefficient (Wildman–Crippen LogP) is 3.46. The van der Waals surface area contributed by atoms with Gasteiger partial charge in [-0.3, -0.25) is 4.79 Å². The molecule has 9 nitrogen and oxygen atoms in total. The number of carbonyl (C=O) groups excluding carboxylic acids is 2. The van der Waals surface area contributed by atoms with Gasteiger partial charge in [0.25, 0.3) is 0 Å². The number of esters is 1. The average molecular weight is 447 g/mol. The summed E-state index contributed by atoms with van der Waals surface area (Å²) in [6, 6.07) is 9.12. The number of cyclic esters (lactones) is 1. The lowest BCUT2D eigenvalue weighted by molar-refractivity contribution is -0.122. The van der Waals surface area contributed by atoms with Gasteiger partial charge >= 0.3 is 5.97 Å². The average Bonchev–Trinajstić information content (AvgIpc) is 3.54. The summed E-state index contributed by atoms with van der Waals surface area (Å²) in [5.74, 6) is 0.424. The first-order chi connectivity index (χ1) is 15.7. The molecule has 1 amide bonds. The van der Waals surface area contributed by atoms with Gasteiger partial charge in [-0.15, -0.1) is 0 Å². The van der Waals surface area contributed by atoms with Gasteiger partial charge in [-0.1, -0.05) is 0 Å².